The SMILES string of the molecule is CCC(C)NC(=O)CSCCC#N. The minimum absolute atomic E-state index is 0.0669. The summed E-state index contributed by atoms with van der Waals surface area (Å²) in [6.07, 6.45) is 1.47. The van der Waals surface area contributed by atoms with Gasteiger partial charge in [0.1, 0.15) is 0 Å². The van der Waals surface area contributed by atoms with Crippen LogP contribution in [0.4, 0.5) is 0 Å². The minimum Gasteiger partial charge on any atom is -0.353 e. The van der Waals surface area contributed by atoms with E-state index in [9.17, 15) is 4.79 Å². The molecule has 3 nitrogen and oxygen atoms in total. The maximum Gasteiger partial charge on any atom is 0.230 e. The predicted molar refractivity (Wildman–Crippen MR) is 55.5 cm³/mol. The van der Waals surface area contributed by atoms with Crippen molar-refractivity contribution in [2.75, 3.05) is 11.5 Å². The number of nitriles is 1. The molecule has 74 valence electrons. The first kappa shape index (κ1) is 12.3. The second-order valence-electron chi connectivity index (χ2n) is 2.84. The molecule has 0 aliphatic heterocycles. The van der Waals surface area contributed by atoms with E-state index in [0.717, 1.165) is 12.2 Å². The van der Waals surface area contributed by atoms with Crippen LogP contribution in [0.3, 0.4) is 0 Å². The lowest BCUT2D eigenvalue weighted by Gasteiger charge is -2.10. The first-order valence-corrected chi connectivity index (χ1v) is 5.60. The Morgan fingerprint density at radius 3 is 2.92 bits per heavy atom. The predicted octanol–water partition coefficient (Wildman–Crippen LogP) is 1.55. The molecule has 4 heteroatoms. The molecular formula is C9H16N2OS. The lowest BCUT2D eigenvalue weighted by molar-refractivity contribution is -0.119. The van der Waals surface area contributed by atoms with Crippen molar-refractivity contribution in [2.45, 2.75) is 32.7 Å². The second-order valence-corrected chi connectivity index (χ2v) is 3.94. The van der Waals surface area contributed by atoms with Crippen LogP contribution in [0.25, 0.3) is 0 Å². The molecular weight excluding hydrogens is 184 g/mol. The Bertz CT molecular complexity index is 189. The van der Waals surface area contributed by atoms with Crippen LogP contribution in [-0.4, -0.2) is 23.5 Å². The Hall–Kier alpha value is -0.690. The molecule has 0 aromatic heterocycles. The number of nitrogens with one attached hydrogen (secondary N) is 1. The highest BCUT2D eigenvalue weighted by atomic mass is 32.2. The van der Waals surface area contributed by atoms with Crippen LogP contribution in [0.2, 0.25) is 0 Å². The lowest BCUT2D eigenvalue weighted by atomic mass is 10.3. The van der Waals surface area contributed by atoms with E-state index >= 15 is 0 Å². The molecule has 0 saturated carbocycles. The fourth-order valence-corrected chi connectivity index (χ4v) is 1.35. The molecule has 0 saturated heterocycles. The van der Waals surface area contributed by atoms with Crippen molar-refractivity contribution in [3.8, 4) is 6.07 Å². The van der Waals surface area contributed by atoms with Crippen molar-refractivity contribution in [1.82, 2.24) is 5.32 Å². The van der Waals surface area contributed by atoms with Crippen molar-refractivity contribution in [3.05, 3.63) is 0 Å². The zero-order valence-electron chi connectivity index (χ0n) is 8.17. The summed E-state index contributed by atoms with van der Waals surface area (Å²) in [7, 11) is 0. The van der Waals surface area contributed by atoms with Crippen molar-refractivity contribution in [3.63, 3.8) is 0 Å². The maximum absolute atomic E-state index is 11.2. The number of thioether (sulfide) groups is 1. The van der Waals surface area contributed by atoms with Crippen LogP contribution in [-0.2, 0) is 4.79 Å². The van der Waals surface area contributed by atoms with E-state index < -0.39 is 0 Å². The molecule has 0 heterocycles. The fourth-order valence-electron chi connectivity index (χ4n) is 0.701. The number of hydrogen-bond acceptors (Lipinski definition) is 3. The summed E-state index contributed by atoms with van der Waals surface area (Å²) in [6, 6.07) is 2.29. The highest BCUT2D eigenvalue weighted by Crippen LogP contribution is 2.01. The van der Waals surface area contributed by atoms with Gasteiger partial charge in [0.15, 0.2) is 0 Å². The van der Waals surface area contributed by atoms with Crippen LogP contribution in [0, 0.1) is 11.3 Å². The van der Waals surface area contributed by atoms with Crippen LogP contribution in [0.5, 0.6) is 0 Å². The Kier molecular flexibility index (Phi) is 7.51. The van der Waals surface area contributed by atoms with E-state index in [4.69, 9.17) is 5.26 Å². The first-order valence-electron chi connectivity index (χ1n) is 4.44. The molecule has 0 bridgehead atoms. The third-order valence-electron chi connectivity index (χ3n) is 1.61. The molecule has 0 aromatic rings. The molecule has 1 atom stereocenters. The van der Waals surface area contributed by atoms with Gasteiger partial charge in [0.25, 0.3) is 0 Å². The molecule has 0 spiro atoms. The maximum atomic E-state index is 11.2. The highest BCUT2D eigenvalue weighted by Gasteiger charge is 2.04. The van der Waals surface area contributed by atoms with Gasteiger partial charge < -0.3 is 5.32 Å². The van der Waals surface area contributed by atoms with Gasteiger partial charge in [-0.25, -0.2) is 0 Å². The molecule has 0 rings (SSSR count). The van der Waals surface area contributed by atoms with Gasteiger partial charge in [0.05, 0.1) is 11.8 Å². The Labute approximate surface area is 83.9 Å². The molecule has 1 unspecified atom stereocenters. The van der Waals surface area contributed by atoms with E-state index in [0.29, 0.717) is 12.2 Å². The van der Waals surface area contributed by atoms with E-state index in [-0.39, 0.29) is 11.9 Å². The molecule has 1 N–H and O–H groups in total. The third-order valence-corrected chi connectivity index (χ3v) is 2.57. The molecule has 0 aliphatic carbocycles. The van der Waals surface area contributed by atoms with Crippen LogP contribution >= 0.6 is 11.8 Å². The standard InChI is InChI=1S/C9H16N2OS/c1-3-8(2)11-9(12)7-13-6-4-5-10/h8H,3-4,6-7H2,1-2H3,(H,11,12). The molecule has 0 aliphatic rings. The third kappa shape index (κ3) is 7.66. The molecule has 13 heavy (non-hydrogen) atoms. The number of amides is 1. The Morgan fingerprint density at radius 2 is 2.38 bits per heavy atom. The molecule has 1 amide bonds. The second kappa shape index (κ2) is 7.93. The van der Waals surface area contributed by atoms with Crippen LogP contribution in [0.15, 0.2) is 0 Å². The van der Waals surface area contributed by atoms with Crippen molar-refractivity contribution in [1.29, 1.82) is 5.26 Å². The number of nitrogens with zero attached hydrogens (tertiary/aromatic N) is 1. The summed E-state index contributed by atoms with van der Waals surface area (Å²) in [5, 5.41) is 11.1. The summed E-state index contributed by atoms with van der Waals surface area (Å²) < 4.78 is 0. The topological polar surface area (TPSA) is 52.9 Å². The smallest absolute Gasteiger partial charge is 0.230 e. The van der Waals surface area contributed by atoms with Gasteiger partial charge in [-0.3, -0.25) is 4.79 Å². The van der Waals surface area contributed by atoms with E-state index in [1.807, 2.05) is 19.9 Å². The van der Waals surface area contributed by atoms with Gasteiger partial charge in [0.2, 0.25) is 5.91 Å². The number of rotatable bonds is 6. The Balaban J connectivity index is 3.36. The number of carbonyl (C=O) groups is 1. The molecule has 0 fully saturated rings. The van der Waals surface area contributed by atoms with Gasteiger partial charge in [0, 0.05) is 18.2 Å². The van der Waals surface area contributed by atoms with E-state index in [1.165, 1.54) is 11.8 Å². The van der Waals surface area contributed by atoms with Crippen molar-refractivity contribution < 1.29 is 4.79 Å². The highest BCUT2D eigenvalue weighted by molar-refractivity contribution is 7.99. The van der Waals surface area contributed by atoms with Gasteiger partial charge in [-0.2, -0.15) is 17.0 Å². The quantitative estimate of drug-likeness (QED) is 0.662. The monoisotopic (exact) mass is 200 g/mol. The molecule has 0 radical (unpaired) electrons. The van der Waals surface area contributed by atoms with Crippen LogP contribution in [0.1, 0.15) is 26.7 Å². The molecule has 0 aromatic carbocycles. The van der Waals surface area contributed by atoms with Gasteiger partial charge >= 0.3 is 0 Å². The summed E-state index contributed by atoms with van der Waals surface area (Å²) in [6.45, 7) is 4.02. The summed E-state index contributed by atoms with van der Waals surface area (Å²) in [5.41, 5.74) is 0. The lowest BCUT2D eigenvalue weighted by Crippen LogP contribution is -2.33. The van der Waals surface area contributed by atoms with E-state index in [2.05, 4.69) is 5.32 Å². The average Bonchev–Trinajstić information content (AvgIpc) is 2.12. The van der Waals surface area contributed by atoms with Gasteiger partial charge in [-0.1, -0.05) is 6.92 Å². The zero-order chi connectivity index (χ0) is 10.1. The minimum atomic E-state index is 0.0669. The number of carbonyl (C=O) groups excluding carboxylic acids is 1. The summed E-state index contributed by atoms with van der Waals surface area (Å²) in [4.78, 5) is 11.2. The number of hydrogen-bond donors (Lipinski definition) is 1. The summed E-state index contributed by atoms with van der Waals surface area (Å²) >= 11 is 1.50. The van der Waals surface area contributed by atoms with Gasteiger partial charge in [-0.15, -0.1) is 0 Å². The normalized spacial score (nSPS) is 11.8. The average molecular weight is 200 g/mol. The van der Waals surface area contributed by atoms with Crippen LogP contribution < -0.4 is 5.32 Å². The zero-order valence-corrected chi connectivity index (χ0v) is 8.99. The Morgan fingerprint density at radius 1 is 1.69 bits per heavy atom. The van der Waals surface area contributed by atoms with Gasteiger partial charge in [-0.05, 0) is 13.3 Å². The fraction of sp³-hybridized carbons (Fsp3) is 0.778. The summed E-state index contributed by atoms with van der Waals surface area (Å²) in [5.74, 6) is 1.27. The van der Waals surface area contributed by atoms with E-state index in [1.54, 1.807) is 0 Å². The van der Waals surface area contributed by atoms with Crippen molar-refractivity contribution >= 4 is 17.7 Å². The first-order chi connectivity index (χ1) is 6.20. The van der Waals surface area contributed by atoms with Crippen molar-refractivity contribution in [2.24, 2.45) is 0 Å². The largest absolute Gasteiger partial charge is 0.353 e.